The molecule has 4 heterocycles. The standard InChI is InChI=1S/C45H33N9O3/c55-40-22-28(13-16-31(40)37-19-25-7-1-4-10-34(25)49-37)46-43-52-44(47-29-14-17-32(41(56)23-29)38-20-26-8-2-5-11-35(26)50-38)54-45(53-43)48-30-15-18-33(42(57)24-30)39-21-27-9-3-6-12-36(27)51-39/h1-18,22-24,55-57H,19-21H2,(H3,46,47,48,52,53,54). The number of rotatable bonds is 9. The molecule has 7 aromatic rings. The van der Waals surface area contributed by atoms with Crippen LogP contribution in [0.4, 0.5) is 52.0 Å². The number of benzene rings is 6. The number of anilines is 6. The second-order valence-corrected chi connectivity index (χ2v) is 14.0. The summed E-state index contributed by atoms with van der Waals surface area (Å²) < 4.78 is 0. The maximum absolute atomic E-state index is 11.1. The van der Waals surface area contributed by atoms with Gasteiger partial charge in [0.25, 0.3) is 0 Å². The van der Waals surface area contributed by atoms with E-state index in [9.17, 15) is 15.3 Å². The molecule has 0 spiro atoms. The highest BCUT2D eigenvalue weighted by atomic mass is 16.3. The monoisotopic (exact) mass is 747 g/mol. The summed E-state index contributed by atoms with van der Waals surface area (Å²) in [6.07, 6.45) is 1.89. The fraction of sp³-hybridized carbons (Fsp3) is 0.0667. The molecule has 0 radical (unpaired) electrons. The van der Waals surface area contributed by atoms with Gasteiger partial charge in [-0.1, -0.05) is 54.6 Å². The van der Waals surface area contributed by atoms with E-state index in [4.69, 9.17) is 15.0 Å². The Balaban J connectivity index is 0.930. The van der Waals surface area contributed by atoms with Gasteiger partial charge in [0.05, 0.1) is 34.2 Å². The van der Waals surface area contributed by atoms with Crippen molar-refractivity contribution in [3.63, 3.8) is 0 Å². The number of nitrogens with zero attached hydrogens (tertiary/aromatic N) is 6. The number of hydrogen-bond acceptors (Lipinski definition) is 12. The molecule has 12 nitrogen and oxygen atoms in total. The van der Waals surface area contributed by atoms with Crippen molar-refractivity contribution < 1.29 is 15.3 Å². The molecular weight excluding hydrogens is 715 g/mol. The van der Waals surface area contributed by atoms with Crippen LogP contribution in [0, 0.1) is 0 Å². The maximum Gasteiger partial charge on any atom is 0.233 e. The van der Waals surface area contributed by atoms with Crippen LogP contribution in [-0.2, 0) is 19.3 Å². The molecule has 10 rings (SSSR count). The summed E-state index contributed by atoms with van der Waals surface area (Å²) in [5, 5.41) is 42.9. The number of phenols is 3. The molecule has 276 valence electrons. The zero-order chi connectivity index (χ0) is 38.5. The first-order valence-corrected chi connectivity index (χ1v) is 18.4. The molecule has 0 atom stereocenters. The molecule has 0 saturated carbocycles. The Morgan fingerprint density at radius 2 is 0.667 bits per heavy atom. The Labute approximate surface area is 326 Å². The van der Waals surface area contributed by atoms with Crippen molar-refractivity contribution in [1.82, 2.24) is 15.0 Å². The highest BCUT2D eigenvalue weighted by molar-refractivity contribution is 6.10. The van der Waals surface area contributed by atoms with Gasteiger partial charge in [0.15, 0.2) is 0 Å². The molecule has 0 saturated heterocycles. The number of aliphatic imine (C=N–C) groups is 3. The molecular formula is C45H33N9O3. The number of nitrogens with one attached hydrogen (secondary N) is 3. The van der Waals surface area contributed by atoms with Crippen LogP contribution >= 0.6 is 0 Å². The average molecular weight is 748 g/mol. The summed E-state index contributed by atoms with van der Waals surface area (Å²) in [6.45, 7) is 0. The first kappa shape index (κ1) is 33.7. The van der Waals surface area contributed by atoms with E-state index in [1.165, 1.54) is 0 Å². The van der Waals surface area contributed by atoms with E-state index in [0.717, 1.165) is 50.9 Å². The Morgan fingerprint density at radius 1 is 0.368 bits per heavy atom. The SMILES string of the molecule is Oc1cc(Nc2nc(Nc3ccc(C4=Nc5ccccc5C4)c(O)c3)nc(Nc3ccc(C4=Nc5ccccc5C4)c(O)c3)n2)ccc1C1=Nc2ccccc2C1. The van der Waals surface area contributed by atoms with Gasteiger partial charge in [0.1, 0.15) is 17.2 Å². The summed E-state index contributed by atoms with van der Waals surface area (Å²) >= 11 is 0. The smallest absolute Gasteiger partial charge is 0.233 e. The molecule has 57 heavy (non-hydrogen) atoms. The van der Waals surface area contributed by atoms with Crippen LogP contribution in [0.2, 0.25) is 0 Å². The lowest BCUT2D eigenvalue weighted by Gasteiger charge is -2.14. The first-order valence-electron chi connectivity index (χ1n) is 18.4. The zero-order valence-corrected chi connectivity index (χ0v) is 30.3. The summed E-state index contributed by atoms with van der Waals surface area (Å²) in [7, 11) is 0. The third kappa shape index (κ3) is 6.65. The molecule has 1 aromatic heterocycles. The minimum atomic E-state index is 0.0633. The third-order valence-electron chi connectivity index (χ3n) is 10.1. The van der Waals surface area contributed by atoms with Crippen LogP contribution in [0.25, 0.3) is 0 Å². The minimum absolute atomic E-state index is 0.0633. The van der Waals surface area contributed by atoms with Crippen LogP contribution in [0.5, 0.6) is 17.2 Å². The van der Waals surface area contributed by atoms with E-state index in [1.54, 1.807) is 18.2 Å². The predicted octanol–water partition coefficient (Wildman–Crippen LogP) is 9.25. The van der Waals surface area contributed by atoms with E-state index < -0.39 is 0 Å². The van der Waals surface area contributed by atoms with Gasteiger partial charge in [-0.3, -0.25) is 15.0 Å². The van der Waals surface area contributed by atoms with E-state index in [0.29, 0.717) is 53.0 Å². The van der Waals surface area contributed by atoms with Gasteiger partial charge in [0.2, 0.25) is 17.8 Å². The average Bonchev–Trinajstić information content (AvgIpc) is 3.95. The van der Waals surface area contributed by atoms with Gasteiger partial charge in [-0.15, -0.1) is 0 Å². The molecule has 6 N–H and O–H groups in total. The molecule has 0 fully saturated rings. The van der Waals surface area contributed by atoms with Gasteiger partial charge >= 0.3 is 0 Å². The van der Waals surface area contributed by atoms with Crippen molar-refractivity contribution in [2.24, 2.45) is 15.0 Å². The molecule has 3 aliphatic heterocycles. The molecule has 12 heteroatoms. The van der Waals surface area contributed by atoms with Crippen LogP contribution in [-0.4, -0.2) is 47.4 Å². The van der Waals surface area contributed by atoms with E-state index in [1.807, 2.05) is 109 Å². The molecule has 0 unspecified atom stereocenters. The van der Waals surface area contributed by atoms with Crippen molar-refractivity contribution >= 4 is 69.1 Å². The quantitative estimate of drug-likeness (QED) is 0.0842. The van der Waals surface area contributed by atoms with Crippen molar-refractivity contribution in [3.8, 4) is 17.2 Å². The van der Waals surface area contributed by atoms with Crippen LogP contribution in [0.3, 0.4) is 0 Å². The number of aromatic nitrogens is 3. The topological polar surface area (TPSA) is 173 Å². The van der Waals surface area contributed by atoms with Crippen molar-refractivity contribution in [2.75, 3.05) is 16.0 Å². The number of phenolic OH excluding ortho intramolecular Hbond substituents is 3. The van der Waals surface area contributed by atoms with Gasteiger partial charge in [-0.25, -0.2) is 0 Å². The number of aromatic hydroxyl groups is 3. The lowest BCUT2D eigenvalue weighted by Crippen LogP contribution is -2.08. The van der Waals surface area contributed by atoms with Crippen LogP contribution in [0.1, 0.15) is 33.4 Å². The number of fused-ring (bicyclic) bond motifs is 3. The summed E-state index contributed by atoms with van der Waals surface area (Å²) in [6, 6.07) is 39.5. The first-order chi connectivity index (χ1) is 27.9. The number of hydrogen-bond donors (Lipinski definition) is 6. The second kappa shape index (κ2) is 13.8. The maximum atomic E-state index is 11.1. The van der Waals surface area contributed by atoms with Crippen molar-refractivity contribution in [1.29, 1.82) is 0 Å². The van der Waals surface area contributed by atoms with Crippen molar-refractivity contribution in [3.05, 3.63) is 161 Å². The highest BCUT2D eigenvalue weighted by Crippen LogP contribution is 2.36. The van der Waals surface area contributed by atoms with Gasteiger partial charge < -0.3 is 31.3 Å². The predicted molar refractivity (Wildman–Crippen MR) is 223 cm³/mol. The summed E-state index contributed by atoms with van der Waals surface area (Å²) in [5.41, 5.74) is 12.0. The highest BCUT2D eigenvalue weighted by Gasteiger charge is 2.22. The van der Waals surface area contributed by atoms with Gasteiger partial charge in [0, 0.05) is 71.2 Å². The third-order valence-corrected chi connectivity index (χ3v) is 10.1. The molecule has 6 aromatic carbocycles. The van der Waals surface area contributed by atoms with Gasteiger partial charge in [-0.2, -0.15) is 15.0 Å². The Kier molecular flexibility index (Phi) is 8.14. The Hall–Kier alpha value is -7.86. The number of para-hydroxylation sites is 3. The molecule has 0 amide bonds. The second-order valence-electron chi connectivity index (χ2n) is 14.0. The van der Waals surface area contributed by atoms with E-state index in [-0.39, 0.29) is 35.1 Å². The fourth-order valence-electron chi connectivity index (χ4n) is 7.36. The van der Waals surface area contributed by atoms with E-state index in [2.05, 4.69) is 30.9 Å². The van der Waals surface area contributed by atoms with Gasteiger partial charge in [-0.05, 0) is 71.3 Å². The largest absolute Gasteiger partial charge is 0.507 e. The molecule has 0 bridgehead atoms. The lowest BCUT2D eigenvalue weighted by atomic mass is 10.0. The minimum Gasteiger partial charge on any atom is -0.507 e. The molecule has 3 aliphatic rings. The van der Waals surface area contributed by atoms with Crippen LogP contribution < -0.4 is 16.0 Å². The van der Waals surface area contributed by atoms with Crippen LogP contribution in [0.15, 0.2) is 142 Å². The lowest BCUT2D eigenvalue weighted by molar-refractivity contribution is 0.474. The van der Waals surface area contributed by atoms with Crippen molar-refractivity contribution in [2.45, 2.75) is 19.3 Å². The fourth-order valence-corrected chi connectivity index (χ4v) is 7.36. The Bertz CT molecular complexity index is 2550. The summed E-state index contributed by atoms with van der Waals surface area (Å²) in [4.78, 5) is 28.0. The zero-order valence-electron chi connectivity index (χ0n) is 30.3. The molecule has 0 aliphatic carbocycles. The normalized spacial score (nSPS) is 13.6. The van der Waals surface area contributed by atoms with E-state index >= 15 is 0 Å². The summed E-state index contributed by atoms with van der Waals surface area (Å²) in [5.74, 6) is 0.705. The Morgan fingerprint density at radius 3 is 0.947 bits per heavy atom.